The van der Waals surface area contributed by atoms with Crippen molar-refractivity contribution < 1.29 is 13.6 Å². The zero-order chi connectivity index (χ0) is 10.7. The Bertz CT molecular complexity index is 355. The van der Waals surface area contributed by atoms with Gasteiger partial charge in [-0.2, -0.15) is 0 Å². The fourth-order valence-corrected chi connectivity index (χ4v) is 1.85. The molecule has 0 fully saturated rings. The molecule has 0 saturated carbocycles. The van der Waals surface area contributed by atoms with Crippen LogP contribution in [0.1, 0.15) is 33.6 Å². The van der Waals surface area contributed by atoms with Gasteiger partial charge in [0, 0.05) is 28.3 Å². The summed E-state index contributed by atoms with van der Waals surface area (Å²) in [6.45, 7) is 1.50. The quantitative estimate of drug-likeness (QED) is 0.620. The molecular formula is C9H8BrF2NO. The van der Waals surface area contributed by atoms with Crippen LogP contribution in [0, 0.1) is 6.92 Å². The second kappa shape index (κ2) is 4.59. The molecule has 2 nitrogen and oxygen atoms in total. The van der Waals surface area contributed by atoms with E-state index >= 15 is 0 Å². The van der Waals surface area contributed by atoms with E-state index in [1.54, 1.807) is 0 Å². The number of rotatable bonds is 3. The number of hydrogen-bond donors (Lipinski definition) is 0. The monoisotopic (exact) mass is 263 g/mol. The van der Waals surface area contributed by atoms with Crippen LogP contribution in [0.25, 0.3) is 0 Å². The van der Waals surface area contributed by atoms with Crippen LogP contribution in [0.4, 0.5) is 8.78 Å². The van der Waals surface area contributed by atoms with E-state index < -0.39 is 6.43 Å². The highest BCUT2D eigenvalue weighted by atomic mass is 79.9. The van der Waals surface area contributed by atoms with Crippen molar-refractivity contribution in [3.63, 3.8) is 0 Å². The number of pyridine rings is 1. The number of aryl methyl sites for hydroxylation is 1. The van der Waals surface area contributed by atoms with Gasteiger partial charge in [0.25, 0.3) is 6.43 Å². The van der Waals surface area contributed by atoms with E-state index in [0.29, 0.717) is 11.8 Å². The van der Waals surface area contributed by atoms with Crippen molar-refractivity contribution in [1.29, 1.82) is 0 Å². The van der Waals surface area contributed by atoms with Crippen LogP contribution >= 0.6 is 15.9 Å². The number of hydrogen-bond acceptors (Lipinski definition) is 2. The molecular weight excluding hydrogens is 256 g/mol. The van der Waals surface area contributed by atoms with Gasteiger partial charge < -0.3 is 0 Å². The largest absolute Gasteiger partial charge is 0.298 e. The molecule has 0 aromatic carbocycles. The molecule has 0 atom stereocenters. The van der Waals surface area contributed by atoms with Gasteiger partial charge in [-0.15, -0.1) is 0 Å². The number of carbonyl (C=O) groups excluding carboxylic acids is 1. The van der Waals surface area contributed by atoms with Crippen molar-refractivity contribution >= 4 is 22.2 Å². The summed E-state index contributed by atoms with van der Waals surface area (Å²) in [6.07, 6.45) is -0.755. The van der Waals surface area contributed by atoms with Crippen LogP contribution in [-0.2, 0) is 5.33 Å². The lowest BCUT2D eigenvalue weighted by atomic mass is 10.0. The molecule has 1 heterocycles. The van der Waals surface area contributed by atoms with Gasteiger partial charge in [-0.25, -0.2) is 8.78 Å². The zero-order valence-electron chi connectivity index (χ0n) is 7.43. The number of halogens is 3. The van der Waals surface area contributed by atoms with Crippen LogP contribution in [-0.4, -0.2) is 11.3 Å². The number of aldehydes is 1. The second-order valence-corrected chi connectivity index (χ2v) is 3.30. The first kappa shape index (κ1) is 11.2. The summed E-state index contributed by atoms with van der Waals surface area (Å²) in [7, 11) is 0. The van der Waals surface area contributed by atoms with Crippen molar-refractivity contribution in [3.8, 4) is 0 Å². The molecule has 0 bridgehead atoms. The van der Waals surface area contributed by atoms with E-state index in [0.717, 1.165) is 0 Å². The summed E-state index contributed by atoms with van der Waals surface area (Å²) < 4.78 is 25.2. The fraction of sp³-hybridized carbons (Fsp3) is 0.333. The van der Waals surface area contributed by atoms with Gasteiger partial charge in [-0.05, 0) is 12.5 Å². The molecule has 14 heavy (non-hydrogen) atoms. The summed E-state index contributed by atoms with van der Waals surface area (Å²) in [6, 6.07) is 0. The normalized spacial score (nSPS) is 10.6. The van der Waals surface area contributed by atoms with Gasteiger partial charge in [0.05, 0.1) is 0 Å². The molecule has 0 radical (unpaired) electrons. The minimum absolute atomic E-state index is 0.147. The second-order valence-electron chi connectivity index (χ2n) is 2.74. The lowest BCUT2D eigenvalue weighted by molar-refractivity contribution is 0.112. The Labute approximate surface area is 88.5 Å². The van der Waals surface area contributed by atoms with Gasteiger partial charge in [-0.3, -0.25) is 9.78 Å². The van der Waals surface area contributed by atoms with Crippen molar-refractivity contribution in [3.05, 3.63) is 28.6 Å². The number of alkyl halides is 3. The minimum Gasteiger partial charge on any atom is -0.298 e. The lowest BCUT2D eigenvalue weighted by Crippen LogP contribution is -2.03. The van der Waals surface area contributed by atoms with E-state index in [-0.39, 0.29) is 22.2 Å². The Hall–Kier alpha value is -0.840. The SMILES string of the molecule is Cc1ncc(C=O)c(CBr)c1C(F)F. The number of nitrogens with zero attached hydrogens (tertiary/aromatic N) is 1. The smallest absolute Gasteiger partial charge is 0.265 e. The summed E-state index contributed by atoms with van der Waals surface area (Å²) in [5.41, 5.74) is 0.650. The molecule has 0 aliphatic rings. The highest BCUT2D eigenvalue weighted by Gasteiger charge is 2.18. The topological polar surface area (TPSA) is 30.0 Å². The Morgan fingerprint density at radius 1 is 1.64 bits per heavy atom. The lowest BCUT2D eigenvalue weighted by Gasteiger charge is -2.10. The first-order chi connectivity index (χ1) is 6.61. The first-order valence-electron chi connectivity index (χ1n) is 3.89. The third-order valence-corrected chi connectivity index (χ3v) is 2.50. The van der Waals surface area contributed by atoms with E-state index in [9.17, 15) is 13.6 Å². The predicted octanol–water partition coefficient (Wildman–Crippen LogP) is 3.04. The van der Waals surface area contributed by atoms with Crippen molar-refractivity contribution in [2.75, 3.05) is 0 Å². The van der Waals surface area contributed by atoms with Crippen molar-refractivity contribution in [2.45, 2.75) is 18.7 Å². The van der Waals surface area contributed by atoms with Crippen LogP contribution in [0.2, 0.25) is 0 Å². The number of aromatic nitrogens is 1. The molecule has 5 heteroatoms. The molecule has 0 spiro atoms. The zero-order valence-corrected chi connectivity index (χ0v) is 9.01. The Morgan fingerprint density at radius 2 is 2.29 bits per heavy atom. The number of carbonyl (C=O) groups is 1. The molecule has 0 N–H and O–H groups in total. The maximum atomic E-state index is 12.6. The van der Waals surface area contributed by atoms with Gasteiger partial charge in [0.15, 0.2) is 6.29 Å². The predicted molar refractivity (Wildman–Crippen MR) is 51.9 cm³/mol. The molecule has 1 aromatic heterocycles. The van der Waals surface area contributed by atoms with Crippen molar-refractivity contribution in [2.24, 2.45) is 0 Å². The van der Waals surface area contributed by atoms with Crippen molar-refractivity contribution in [1.82, 2.24) is 4.98 Å². The molecule has 1 aromatic rings. The van der Waals surface area contributed by atoms with Gasteiger partial charge in [-0.1, -0.05) is 15.9 Å². The Morgan fingerprint density at radius 3 is 2.71 bits per heavy atom. The van der Waals surface area contributed by atoms with Crippen LogP contribution in [0.3, 0.4) is 0 Å². The molecule has 1 rings (SSSR count). The van der Waals surface area contributed by atoms with Gasteiger partial charge >= 0.3 is 0 Å². The van der Waals surface area contributed by atoms with E-state index in [4.69, 9.17) is 0 Å². The van der Waals surface area contributed by atoms with E-state index in [1.807, 2.05) is 0 Å². The Kier molecular flexibility index (Phi) is 3.69. The fourth-order valence-electron chi connectivity index (χ4n) is 1.23. The molecule has 0 unspecified atom stereocenters. The molecule has 0 aliphatic heterocycles. The third kappa shape index (κ3) is 1.97. The molecule has 76 valence electrons. The molecule has 0 aliphatic carbocycles. The summed E-state index contributed by atoms with van der Waals surface area (Å²) in [4.78, 5) is 14.3. The average molecular weight is 264 g/mol. The average Bonchev–Trinajstić information content (AvgIpc) is 2.16. The van der Waals surface area contributed by atoms with Gasteiger partial charge in [0.1, 0.15) is 0 Å². The first-order valence-corrected chi connectivity index (χ1v) is 5.01. The summed E-state index contributed by atoms with van der Waals surface area (Å²) in [5, 5.41) is 0.226. The van der Waals surface area contributed by atoms with Gasteiger partial charge in [0.2, 0.25) is 0 Å². The van der Waals surface area contributed by atoms with Crippen LogP contribution in [0.15, 0.2) is 6.20 Å². The highest BCUT2D eigenvalue weighted by Crippen LogP contribution is 2.28. The third-order valence-electron chi connectivity index (χ3n) is 1.94. The van der Waals surface area contributed by atoms with E-state index in [2.05, 4.69) is 20.9 Å². The standard InChI is InChI=1S/C9H8BrF2NO/c1-5-8(9(11)12)7(2-10)6(4-14)3-13-5/h3-4,9H,2H2,1H3. The van der Waals surface area contributed by atoms with Crippen LogP contribution in [0.5, 0.6) is 0 Å². The maximum Gasteiger partial charge on any atom is 0.265 e. The molecule has 0 saturated heterocycles. The summed E-state index contributed by atoms with van der Waals surface area (Å²) >= 11 is 3.08. The minimum atomic E-state index is -2.60. The van der Waals surface area contributed by atoms with E-state index in [1.165, 1.54) is 13.1 Å². The molecule has 0 amide bonds. The summed E-state index contributed by atoms with van der Waals surface area (Å²) in [5.74, 6) is 0. The van der Waals surface area contributed by atoms with Crippen LogP contribution < -0.4 is 0 Å². The Balaban J connectivity index is 3.42. The highest BCUT2D eigenvalue weighted by molar-refractivity contribution is 9.08. The maximum absolute atomic E-state index is 12.6.